The number of benzene rings is 2. The van der Waals surface area contributed by atoms with Crippen LogP contribution in [0.5, 0.6) is 0 Å². The molecule has 0 spiro atoms. The van der Waals surface area contributed by atoms with E-state index in [-0.39, 0.29) is 0 Å². The molecule has 1 aliphatic heterocycles. The molecule has 0 saturated carbocycles. The maximum absolute atomic E-state index is 12.2. The van der Waals surface area contributed by atoms with Gasteiger partial charge < -0.3 is 0 Å². The van der Waals surface area contributed by atoms with Crippen molar-refractivity contribution in [3.05, 3.63) is 71.8 Å². The highest BCUT2D eigenvalue weighted by Gasteiger charge is 2.56. The SMILES string of the molecule is CC1(c2ccccc2)NS(=O)(=O)NC1(C)c1ccccc1. The van der Waals surface area contributed by atoms with Gasteiger partial charge >= 0.3 is 0 Å². The summed E-state index contributed by atoms with van der Waals surface area (Å²) < 4.78 is 29.9. The van der Waals surface area contributed by atoms with Gasteiger partial charge in [-0.3, -0.25) is 0 Å². The number of rotatable bonds is 2. The van der Waals surface area contributed by atoms with Gasteiger partial charge in [-0.2, -0.15) is 17.9 Å². The van der Waals surface area contributed by atoms with Crippen LogP contribution in [0.4, 0.5) is 0 Å². The lowest BCUT2D eigenvalue weighted by atomic mass is 9.72. The minimum Gasteiger partial charge on any atom is -0.195 e. The first-order chi connectivity index (χ1) is 9.87. The van der Waals surface area contributed by atoms with Crippen LogP contribution in [-0.4, -0.2) is 8.42 Å². The van der Waals surface area contributed by atoms with E-state index in [1.54, 1.807) is 0 Å². The molecule has 1 aliphatic rings. The monoisotopic (exact) mass is 302 g/mol. The van der Waals surface area contributed by atoms with Gasteiger partial charge in [-0.25, -0.2) is 0 Å². The van der Waals surface area contributed by atoms with Gasteiger partial charge in [0.2, 0.25) is 0 Å². The molecule has 0 bridgehead atoms. The fourth-order valence-corrected chi connectivity index (χ4v) is 4.78. The van der Waals surface area contributed by atoms with E-state index in [1.807, 2.05) is 74.5 Å². The lowest BCUT2D eigenvalue weighted by Crippen LogP contribution is -2.51. The largest absolute Gasteiger partial charge is 0.278 e. The van der Waals surface area contributed by atoms with Crippen molar-refractivity contribution in [1.82, 2.24) is 9.44 Å². The van der Waals surface area contributed by atoms with Crippen molar-refractivity contribution in [3.8, 4) is 0 Å². The highest BCUT2D eigenvalue weighted by atomic mass is 32.2. The summed E-state index contributed by atoms with van der Waals surface area (Å²) in [7, 11) is -3.56. The summed E-state index contributed by atoms with van der Waals surface area (Å²) in [6.07, 6.45) is 0. The zero-order valence-electron chi connectivity index (χ0n) is 12.0. The summed E-state index contributed by atoms with van der Waals surface area (Å²) in [5.74, 6) is 0. The van der Waals surface area contributed by atoms with Crippen molar-refractivity contribution in [1.29, 1.82) is 0 Å². The predicted molar refractivity (Wildman–Crippen MR) is 82.8 cm³/mol. The summed E-state index contributed by atoms with van der Waals surface area (Å²) in [5.41, 5.74) is 0.304. The first-order valence-electron chi connectivity index (χ1n) is 6.81. The molecule has 0 amide bonds. The highest BCUT2D eigenvalue weighted by molar-refractivity contribution is 7.87. The van der Waals surface area contributed by atoms with E-state index in [0.717, 1.165) is 11.1 Å². The van der Waals surface area contributed by atoms with Crippen LogP contribution in [0.3, 0.4) is 0 Å². The third-order valence-electron chi connectivity index (χ3n) is 4.38. The average molecular weight is 302 g/mol. The van der Waals surface area contributed by atoms with Crippen LogP contribution in [-0.2, 0) is 21.3 Å². The number of hydrogen-bond acceptors (Lipinski definition) is 2. The van der Waals surface area contributed by atoms with Gasteiger partial charge in [0.1, 0.15) is 0 Å². The summed E-state index contributed by atoms with van der Waals surface area (Å²) in [6, 6.07) is 19.3. The zero-order chi connectivity index (χ0) is 15.1. The highest BCUT2D eigenvalue weighted by Crippen LogP contribution is 2.44. The molecule has 0 aromatic heterocycles. The summed E-state index contributed by atoms with van der Waals surface area (Å²) in [5, 5.41) is 0. The van der Waals surface area contributed by atoms with Gasteiger partial charge in [0.05, 0.1) is 11.1 Å². The molecule has 2 N–H and O–H groups in total. The van der Waals surface area contributed by atoms with Crippen molar-refractivity contribution >= 4 is 10.2 Å². The Bertz CT molecular complexity index is 687. The molecule has 2 aromatic carbocycles. The normalized spacial score (nSPS) is 31.1. The van der Waals surface area contributed by atoms with E-state index < -0.39 is 21.3 Å². The topological polar surface area (TPSA) is 58.2 Å². The van der Waals surface area contributed by atoms with Crippen LogP contribution in [0.25, 0.3) is 0 Å². The molecule has 21 heavy (non-hydrogen) atoms. The summed E-state index contributed by atoms with van der Waals surface area (Å²) >= 11 is 0. The smallest absolute Gasteiger partial charge is 0.195 e. The van der Waals surface area contributed by atoms with Crippen LogP contribution >= 0.6 is 0 Å². The van der Waals surface area contributed by atoms with Gasteiger partial charge in [0, 0.05) is 0 Å². The summed E-state index contributed by atoms with van der Waals surface area (Å²) in [6.45, 7) is 3.82. The summed E-state index contributed by atoms with van der Waals surface area (Å²) in [4.78, 5) is 0. The maximum Gasteiger partial charge on any atom is 0.278 e. The molecular weight excluding hydrogens is 284 g/mol. The Morgan fingerprint density at radius 3 is 1.38 bits per heavy atom. The molecule has 2 unspecified atom stereocenters. The Labute approximate surface area is 125 Å². The fraction of sp³-hybridized carbons (Fsp3) is 0.250. The predicted octanol–water partition coefficient (Wildman–Crippen LogP) is 2.25. The van der Waals surface area contributed by atoms with E-state index in [2.05, 4.69) is 9.44 Å². The van der Waals surface area contributed by atoms with Crippen molar-refractivity contribution < 1.29 is 8.42 Å². The van der Waals surface area contributed by atoms with E-state index in [9.17, 15) is 8.42 Å². The Morgan fingerprint density at radius 1 is 0.714 bits per heavy atom. The second kappa shape index (κ2) is 4.66. The van der Waals surface area contributed by atoms with Gasteiger partial charge in [-0.15, -0.1) is 0 Å². The third kappa shape index (κ3) is 2.18. The Morgan fingerprint density at radius 2 is 1.05 bits per heavy atom. The maximum atomic E-state index is 12.2. The third-order valence-corrected chi connectivity index (χ3v) is 5.73. The molecule has 2 atom stereocenters. The lowest BCUT2D eigenvalue weighted by Gasteiger charge is -2.39. The molecular formula is C16H18N2O2S. The van der Waals surface area contributed by atoms with Crippen LogP contribution in [0.15, 0.2) is 60.7 Å². The van der Waals surface area contributed by atoms with E-state index in [4.69, 9.17) is 0 Å². The lowest BCUT2D eigenvalue weighted by molar-refractivity contribution is 0.254. The average Bonchev–Trinajstić information content (AvgIpc) is 2.68. The molecule has 2 aromatic rings. The van der Waals surface area contributed by atoms with Crippen molar-refractivity contribution in [2.45, 2.75) is 24.9 Å². The van der Waals surface area contributed by atoms with E-state index in [1.165, 1.54) is 0 Å². The van der Waals surface area contributed by atoms with Crippen LogP contribution < -0.4 is 9.44 Å². The standard InChI is InChI=1S/C16H18N2O2S/c1-15(13-9-5-3-6-10-13)16(2,18-21(19,20)17-15)14-11-7-4-8-12-14/h3-12,17-18H,1-2H3. The molecule has 0 aliphatic carbocycles. The molecule has 0 radical (unpaired) electrons. The fourth-order valence-electron chi connectivity index (χ4n) is 3.01. The Balaban J connectivity index is 2.22. The van der Waals surface area contributed by atoms with Crippen molar-refractivity contribution in [2.75, 3.05) is 0 Å². The minimum absolute atomic E-state index is 0.769. The second-order valence-electron chi connectivity index (χ2n) is 5.69. The first kappa shape index (κ1) is 14.3. The van der Waals surface area contributed by atoms with Gasteiger partial charge in [-0.1, -0.05) is 60.7 Å². The Hall–Kier alpha value is -1.69. The molecule has 110 valence electrons. The molecule has 1 fully saturated rings. The van der Waals surface area contributed by atoms with Gasteiger partial charge in [0.25, 0.3) is 10.2 Å². The molecule has 4 nitrogen and oxygen atoms in total. The van der Waals surface area contributed by atoms with Crippen molar-refractivity contribution in [3.63, 3.8) is 0 Å². The second-order valence-corrected chi connectivity index (χ2v) is 7.10. The van der Waals surface area contributed by atoms with Gasteiger partial charge in [-0.05, 0) is 25.0 Å². The first-order valence-corrected chi connectivity index (χ1v) is 8.30. The van der Waals surface area contributed by atoms with Crippen LogP contribution in [0.1, 0.15) is 25.0 Å². The van der Waals surface area contributed by atoms with Crippen molar-refractivity contribution in [2.24, 2.45) is 0 Å². The number of nitrogens with one attached hydrogen (secondary N) is 2. The van der Waals surface area contributed by atoms with E-state index in [0.29, 0.717) is 0 Å². The van der Waals surface area contributed by atoms with E-state index >= 15 is 0 Å². The molecule has 1 heterocycles. The van der Waals surface area contributed by atoms with Crippen LogP contribution in [0, 0.1) is 0 Å². The zero-order valence-corrected chi connectivity index (χ0v) is 12.8. The minimum atomic E-state index is -3.56. The quantitative estimate of drug-likeness (QED) is 0.894. The Kier molecular flexibility index (Phi) is 3.16. The van der Waals surface area contributed by atoms with Crippen LogP contribution in [0.2, 0.25) is 0 Å². The molecule has 5 heteroatoms. The molecule has 3 rings (SSSR count). The molecule has 1 saturated heterocycles. The number of hydrogen-bond donors (Lipinski definition) is 2. The van der Waals surface area contributed by atoms with Gasteiger partial charge in [0.15, 0.2) is 0 Å².